The fraction of sp³-hybridized carbons (Fsp3) is 0.235. The molecule has 1 aliphatic carbocycles. The van der Waals surface area contributed by atoms with Crippen LogP contribution in [0.25, 0.3) is 16.9 Å². The van der Waals surface area contributed by atoms with Crippen molar-refractivity contribution in [1.29, 1.82) is 0 Å². The molecule has 140 valence electrons. The fourth-order valence-corrected chi connectivity index (χ4v) is 3.76. The van der Waals surface area contributed by atoms with Crippen LogP contribution in [0.15, 0.2) is 35.4 Å². The second-order valence-electron chi connectivity index (χ2n) is 6.11. The standard InChI is InChI=1S/C17H17N5O4S/c1-2-26-17(23)15-12-7-8-14-13(9-19-20-14)16(12)22(21-15)10-3-5-11(6-4-10)27(18,24)25/h3-6,9H,2,7-8H2,1H3,(H,19,20)(H2,18,24,25). The number of ether oxygens (including phenoxy) is 1. The molecule has 27 heavy (non-hydrogen) atoms. The molecule has 0 radical (unpaired) electrons. The minimum absolute atomic E-state index is 0.00175. The van der Waals surface area contributed by atoms with E-state index < -0.39 is 16.0 Å². The van der Waals surface area contributed by atoms with Crippen LogP contribution < -0.4 is 5.14 Å². The molecule has 0 aliphatic heterocycles. The topological polar surface area (TPSA) is 133 Å². The second-order valence-corrected chi connectivity index (χ2v) is 7.67. The molecule has 0 saturated heterocycles. The lowest BCUT2D eigenvalue weighted by atomic mass is 9.94. The van der Waals surface area contributed by atoms with Gasteiger partial charge in [-0.05, 0) is 44.0 Å². The molecule has 0 unspecified atom stereocenters. The lowest BCUT2D eigenvalue weighted by Crippen LogP contribution is -2.12. The summed E-state index contributed by atoms with van der Waals surface area (Å²) in [5.74, 6) is -0.486. The Bertz CT molecular complexity index is 1130. The Labute approximate surface area is 155 Å². The molecule has 10 heteroatoms. The molecule has 0 saturated carbocycles. The number of aryl methyl sites for hydroxylation is 1. The van der Waals surface area contributed by atoms with Crippen molar-refractivity contribution in [2.45, 2.75) is 24.7 Å². The zero-order valence-corrected chi connectivity index (χ0v) is 15.3. The van der Waals surface area contributed by atoms with Gasteiger partial charge >= 0.3 is 5.97 Å². The first-order valence-electron chi connectivity index (χ1n) is 8.35. The monoisotopic (exact) mass is 387 g/mol. The SMILES string of the molecule is CCOC(=O)c1nn(-c2ccc(S(N)(=O)=O)cc2)c2c1CCc1[nH]ncc1-2. The molecule has 0 amide bonds. The number of carbonyl (C=O) groups is 1. The van der Waals surface area contributed by atoms with Crippen molar-refractivity contribution in [1.82, 2.24) is 20.0 Å². The Morgan fingerprint density at radius 1 is 1.30 bits per heavy atom. The predicted molar refractivity (Wildman–Crippen MR) is 95.9 cm³/mol. The molecule has 3 aromatic rings. The van der Waals surface area contributed by atoms with Crippen LogP contribution in [0.1, 0.15) is 28.7 Å². The van der Waals surface area contributed by atoms with E-state index in [1.165, 1.54) is 12.1 Å². The van der Waals surface area contributed by atoms with E-state index in [1.54, 1.807) is 29.9 Å². The number of fused-ring (bicyclic) bond motifs is 3. The summed E-state index contributed by atoms with van der Waals surface area (Å²) >= 11 is 0. The van der Waals surface area contributed by atoms with E-state index in [0.29, 0.717) is 18.5 Å². The minimum Gasteiger partial charge on any atom is -0.461 e. The third kappa shape index (κ3) is 2.92. The number of H-pyrrole nitrogens is 1. The number of hydrogen-bond donors (Lipinski definition) is 2. The number of sulfonamides is 1. The van der Waals surface area contributed by atoms with E-state index in [1.807, 2.05) is 0 Å². The molecule has 3 N–H and O–H groups in total. The van der Waals surface area contributed by atoms with Crippen molar-refractivity contribution in [3.63, 3.8) is 0 Å². The maximum atomic E-state index is 12.4. The van der Waals surface area contributed by atoms with Crippen LogP contribution in [0.2, 0.25) is 0 Å². The van der Waals surface area contributed by atoms with Crippen LogP contribution in [0.5, 0.6) is 0 Å². The van der Waals surface area contributed by atoms with Gasteiger partial charge in [0.1, 0.15) is 0 Å². The number of esters is 1. The number of carbonyl (C=O) groups excluding carboxylic acids is 1. The van der Waals surface area contributed by atoms with E-state index in [4.69, 9.17) is 9.88 Å². The molecular formula is C17H17N5O4S. The van der Waals surface area contributed by atoms with E-state index in [-0.39, 0.29) is 17.2 Å². The highest BCUT2D eigenvalue weighted by molar-refractivity contribution is 7.89. The molecule has 1 aromatic carbocycles. The van der Waals surface area contributed by atoms with Crippen molar-refractivity contribution < 1.29 is 17.9 Å². The van der Waals surface area contributed by atoms with Crippen LogP contribution in [0.4, 0.5) is 0 Å². The van der Waals surface area contributed by atoms with Gasteiger partial charge in [-0.1, -0.05) is 0 Å². The zero-order chi connectivity index (χ0) is 19.2. The Balaban J connectivity index is 1.90. The Morgan fingerprint density at radius 3 is 2.70 bits per heavy atom. The van der Waals surface area contributed by atoms with Gasteiger partial charge in [0.05, 0.1) is 29.1 Å². The van der Waals surface area contributed by atoms with Gasteiger partial charge in [-0.15, -0.1) is 0 Å². The summed E-state index contributed by atoms with van der Waals surface area (Å²) in [6.45, 7) is 1.99. The first kappa shape index (κ1) is 17.4. The largest absolute Gasteiger partial charge is 0.461 e. The highest BCUT2D eigenvalue weighted by Crippen LogP contribution is 2.36. The summed E-state index contributed by atoms with van der Waals surface area (Å²) in [5.41, 5.74) is 4.21. The zero-order valence-electron chi connectivity index (χ0n) is 14.5. The van der Waals surface area contributed by atoms with Crippen molar-refractivity contribution in [3.05, 3.63) is 47.4 Å². The van der Waals surface area contributed by atoms with Crippen molar-refractivity contribution in [2.75, 3.05) is 6.61 Å². The molecule has 2 heterocycles. The van der Waals surface area contributed by atoms with Crippen LogP contribution in [0, 0.1) is 0 Å². The molecule has 1 aliphatic rings. The Morgan fingerprint density at radius 2 is 2.04 bits per heavy atom. The molecule has 0 bridgehead atoms. The van der Waals surface area contributed by atoms with E-state index in [0.717, 1.165) is 22.5 Å². The maximum absolute atomic E-state index is 12.4. The summed E-state index contributed by atoms with van der Waals surface area (Å²) < 4.78 is 29.7. The average molecular weight is 387 g/mol. The van der Waals surface area contributed by atoms with Crippen molar-refractivity contribution in [3.8, 4) is 16.9 Å². The summed E-state index contributed by atoms with van der Waals surface area (Å²) in [7, 11) is -3.79. The van der Waals surface area contributed by atoms with Gasteiger partial charge in [0, 0.05) is 16.8 Å². The quantitative estimate of drug-likeness (QED) is 0.646. The van der Waals surface area contributed by atoms with Crippen LogP contribution in [-0.4, -0.2) is 41.0 Å². The van der Waals surface area contributed by atoms with Crippen molar-refractivity contribution in [2.24, 2.45) is 5.14 Å². The summed E-state index contributed by atoms with van der Waals surface area (Å²) in [6, 6.07) is 6.00. The number of nitrogens with one attached hydrogen (secondary N) is 1. The summed E-state index contributed by atoms with van der Waals surface area (Å²) in [6.07, 6.45) is 3.03. The second kappa shape index (κ2) is 6.32. The highest BCUT2D eigenvalue weighted by Gasteiger charge is 2.30. The number of nitrogens with two attached hydrogens (primary N) is 1. The molecule has 0 fully saturated rings. The van der Waals surface area contributed by atoms with E-state index in [9.17, 15) is 13.2 Å². The lowest BCUT2D eigenvalue weighted by Gasteiger charge is -2.14. The van der Waals surface area contributed by atoms with Gasteiger partial charge < -0.3 is 4.74 Å². The number of benzene rings is 1. The number of hydrogen-bond acceptors (Lipinski definition) is 6. The summed E-state index contributed by atoms with van der Waals surface area (Å²) in [4.78, 5) is 12.4. The number of rotatable bonds is 4. The third-order valence-corrected chi connectivity index (χ3v) is 5.39. The first-order valence-corrected chi connectivity index (χ1v) is 9.89. The van der Waals surface area contributed by atoms with Gasteiger partial charge in [0.15, 0.2) is 5.69 Å². The number of aromatic amines is 1. The maximum Gasteiger partial charge on any atom is 0.359 e. The van der Waals surface area contributed by atoms with Crippen LogP contribution in [0.3, 0.4) is 0 Å². The number of primary sulfonamides is 1. The molecule has 0 spiro atoms. The lowest BCUT2D eigenvalue weighted by molar-refractivity contribution is 0.0517. The molecule has 2 aromatic heterocycles. The molecular weight excluding hydrogens is 370 g/mol. The van der Waals surface area contributed by atoms with Gasteiger partial charge in [-0.25, -0.2) is 23.0 Å². The molecule has 4 rings (SSSR count). The first-order chi connectivity index (χ1) is 12.9. The van der Waals surface area contributed by atoms with E-state index >= 15 is 0 Å². The number of aromatic nitrogens is 4. The fourth-order valence-electron chi connectivity index (χ4n) is 3.25. The van der Waals surface area contributed by atoms with Gasteiger partial charge in [0.25, 0.3) is 0 Å². The van der Waals surface area contributed by atoms with Gasteiger partial charge in [-0.2, -0.15) is 10.2 Å². The summed E-state index contributed by atoms with van der Waals surface area (Å²) in [5, 5.41) is 16.7. The molecule has 0 atom stereocenters. The molecule has 9 nitrogen and oxygen atoms in total. The normalized spacial score (nSPS) is 13.1. The third-order valence-electron chi connectivity index (χ3n) is 4.46. The van der Waals surface area contributed by atoms with Crippen LogP contribution in [-0.2, 0) is 27.6 Å². The van der Waals surface area contributed by atoms with Gasteiger partial charge in [0.2, 0.25) is 10.0 Å². The Kier molecular flexibility index (Phi) is 4.08. The van der Waals surface area contributed by atoms with E-state index in [2.05, 4.69) is 15.3 Å². The Hall–Kier alpha value is -2.98. The van der Waals surface area contributed by atoms with Crippen LogP contribution >= 0.6 is 0 Å². The number of nitrogens with zero attached hydrogens (tertiary/aromatic N) is 3. The average Bonchev–Trinajstić information content (AvgIpc) is 3.25. The highest BCUT2D eigenvalue weighted by atomic mass is 32.2. The minimum atomic E-state index is -3.79. The van der Waals surface area contributed by atoms with Crippen molar-refractivity contribution >= 4 is 16.0 Å². The van der Waals surface area contributed by atoms with Gasteiger partial charge in [-0.3, -0.25) is 5.10 Å². The smallest absolute Gasteiger partial charge is 0.359 e. The predicted octanol–water partition coefficient (Wildman–Crippen LogP) is 1.19.